The summed E-state index contributed by atoms with van der Waals surface area (Å²) < 4.78 is 23.1. The van der Waals surface area contributed by atoms with Crippen molar-refractivity contribution >= 4 is 15.6 Å². The molecule has 21 heavy (non-hydrogen) atoms. The number of hydrogen-bond acceptors (Lipinski definition) is 3. The van der Waals surface area contributed by atoms with Crippen molar-refractivity contribution in [3.8, 4) is 0 Å². The van der Waals surface area contributed by atoms with Crippen molar-refractivity contribution in [2.75, 3.05) is 6.26 Å². The number of ketones is 1. The van der Waals surface area contributed by atoms with Crippen molar-refractivity contribution in [2.24, 2.45) is 0 Å². The van der Waals surface area contributed by atoms with E-state index in [0.29, 0.717) is 5.56 Å². The molecule has 0 fully saturated rings. The summed E-state index contributed by atoms with van der Waals surface area (Å²) in [6.45, 7) is 4.03. The van der Waals surface area contributed by atoms with Crippen LogP contribution in [0.5, 0.6) is 0 Å². The van der Waals surface area contributed by atoms with E-state index in [2.05, 4.69) is 0 Å². The van der Waals surface area contributed by atoms with Gasteiger partial charge in [-0.05, 0) is 42.7 Å². The van der Waals surface area contributed by atoms with Crippen LogP contribution in [0.3, 0.4) is 0 Å². The molecule has 0 spiro atoms. The summed E-state index contributed by atoms with van der Waals surface area (Å²) >= 11 is 0. The highest BCUT2D eigenvalue weighted by Crippen LogP contribution is 2.15. The minimum Gasteiger partial charge on any atom is -0.294 e. The summed E-state index contributed by atoms with van der Waals surface area (Å²) in [4.78, 5) is 12.5. The highest BCUT2D eigenvalue weighted by molar-refractivity contribution is 7.90. The maximum absolute atomic E-state index is 12.3. The van der Waals surface area contributed by atoms with Gasteiger partial charge in [0, 0.05) is 18.2 Å². The van der Waals surface area contributed by atoms with Crippen molar-refractivity contribution in [1.82, 2.24) is 0 Å². The lowest BCUT2D eigenvalue weighted by Gasteiger charge is -2.06. The Kier molecular flexibility index (Phi) is 4.28. The highest BCUT2D eigenvalue weighted by atomic mass is 32.2. The number of carbonyl (C=O) groups excluding carboxylic acids is 1. The molecule has 0 aromatic heterocycles. The molecule has 0 bridgehead atoms. The fraction of sp³-hybridized carbons (Fsp3) is 0.235. The zero-order valence-corrected chi connectivity index (χ0v) is 13.2. The van der Waals surface area contributed by atoms with Crippen LogP contribution >= 0.6 is 0 Å². The molecule has 0 N–H and O–H groups in total. The van der Waals surface area contributed by atoms with Gasteiger partial charge >= 0.3 is 0 Å². The Balaban J connectivity index is 2.26. The van der Waals surface area contributed by atoms with Gasteiger partial charge in [-0.1, -0.05) is 30.3 Å². The van der Waals surface area contributed by atoms with Gasteiger partial charge in [-0.2, -0.15) is 0 Å². The predicted octanol–water partition coefficient (Wildman–Crippen LogP) is 3.13. The van der Waals surface area contributed by atoms with Crippen LogP contribution < -0.4 is 0 Å². The van der Waals surface area contributed by atoms with Crippen LogP contribution in [0, 0.1) is 13.8 Å². The molecule has 0 aliphatic rings. The molecule has 0 aliphatic heterocycles. The molecule has 0 atom stereocenters. The molecule has 0 aliphatic carbocycles. The summed E-state index contributed by atoms with van der Waals surface area (Å²) in [6, 6.07) is 12.1. The van der Waals surface area contributed by atoms with Gasteiger partial charge in [0.2, 0.25) is 0 Å². The Bertz CT molecular complexity index is 789. The predicted molar refractivity (Wildman–Crippen MR) is 83.5 cm³/mol. The third-order valence-corrected chi connectivity index (χ3v) is 4.63. The molecule has 0 saturated carbocycles. The van der Waals surface area contributed by atoms with Crippen molar-refractivity contribution in [2.45, 2.75) is 25.2 Å². The first kappa shape index (κ1) is 15.4. The fourth-order valence-electron chi connectivity index (χ4n) is 2.10. The number of rotatable bonds is 4. The van der Waals surface area contributed by atoms with Crippen LogP contribution in [0.1, 0.15) is 27.0 Å². The lowest BCUT2D eigenvalue weighted by atomic mass is 10.00. The molecule has 3 nitrogen and oxygen atoms in total. The van der Waals surface area contributed by atoms with Gasteiger partial charge < -0.3 is 0 Å². The van der Waals surface area contributed by atoms with E-state index < -0.39 is 9.84 Å². The number of benzene rings is 2. The van der Waals surface area contributed by atoms with Crippen LogP contribution in [0.2, 0.25) is 0 Å². The minimum absolute atomic E-state index is 0.0799. The normalized spacial score (nSPS) is 11.4. The van der Waals surface area contributed by atoms with E-state index in [1.807, 2.05) is 32.0 Å². The van der Waals surface area contributed by atoms with Crippen LogP contribution in [0.15, 0.2) is 47.4 Å². The zero-order chi connectivity index (χ0) is 15.6. The van der Waals surface area contributed by atoms with Gasteiger partial charge in [0.25, 0.3) is 0 Å². The zero-order valence-electron chi connectivity index (χ0n) is 12.4. The largest absolute Gasteiger partial charge is 0.294 e. The quantitative estimate of drug-likeness (QED) is 0.815. The molecular weight excluding hydrogens is 284 g/mol. The van der Waals surface area contributed by atoms with E-state index in [9.17, 15) is 13.2 Å². The van der Waals surface area contributed by atoms with E-state index in [1.165, 1.54) is 17.7 Å². The van der Waals surface area contributed by atoms with E-state index in [4.69, 9.17) is 0 Å². The average Bonchev–Trinajstić information content (AvgIpc) is 2.42. The van der Waals surface area contributed by atoms with Gasteiger partial charge in [0.05, 0.1) is 4.90 Å². The topological polar surface area (TPSA) is 51.2 Å². The molecule has 0 radical (unpaired) electrons. The summed E-state index contributed by atoms with van der Waals surface area (Å²) in [5.41, 5.74) is 3.69. The summed E-state index contributed by atoms with van der Waals surface area (Å²) in [5, 5.41) is 0. The second kappa shape index (κ2) is 5.82. The van der Waals surface area contributed by atoms with Gasteiger partial charge in [0.1, 0.15) is 0 Å². The number of Topliss-reactive ketones (excluding diaryl/α,β-unsaturated/α-hetero) is 1. The van der Waals surface area contributed by atoms with Crippen molar-refractivity contribution in [1.29, 1.82) is 0 Å². The summed E-state index contributed by atoms with van der Waals surface area (Å²) in [5.74, 6) is -0.0799. The monoisotopic (exact) mass is 302 g/mol. The van der Waals surface area contributed by atoms with E-state index >= 15 is 0 Å². The third-order valence-electron chi connectivity index (χ3n) is 3.52. The summed E-state index contributed by atoms with van der Waals surface area (Å²) in [7, 11) is -3.30. The number of carbonyl (C=O) groups is 1. The van der Waals surface area contributed by atoms with Crippen molar-refractivity contribution in [3.63, 3.8) is 0 Å². The Hall–Kier alpha value is -1.94. The Morgan fingerprint density at radius 1 is 1.00 bits per heavy atom. The van der Waals surface area contributed by atoms with Crippen LogP contribution in [0.25, 0.3) is 0 Å². The molecule has 0 heterocycles. The standard InChI is InChI=1S/C17H18O3S/c1-12-7-8-14(9-13(12)2)10-17(18)15-5-4-6-16(11-15)21(3,19)20/h4-9,11H,10H2,1-3H3. The molecule has 2 rings (SSSR count). The number of hydrogen-bond donors (Lipinski definition) is 0. The van der Waals surface area contributed by atoms with Crippen molar-refractivity contribution < 1.29 is 13.2 Å². The van der Waals surface area contributed by atoms with E-state index in [1.54, 1.807) is 12.1 Å². The van der Waals surface area contributed by atoms with Gasteiger partial charge in [0.15, 0.2) is 15.6 Å². The smallest absolute Gasteiger partial charge is 0.175 e. The highest BCUT2D eigenvalue weighted by Gasteiger charge is 2.12. The second-order valence-corrected chi connectivity index (χ2v) is 7.33. The molecule has 110 valence electrons. The maximum atomic E-state index is 12.3. The van der Waals surface area contributed by atoms with Crippen molar-refractivity contribution in [3.05, 3.63) is 64.7 Å². The van der Waals surface area contributed by atoms with Gasteiger partial charge in [-0.15, -0.1) is 0 Å². The van der Waals surface area contributed by atoms with Gasteiger partial charge in [-0.25, -0.2) is 8.42 Å². The minimum atomic E-state index is -3.30. The first-order valence-corrected chi connectivity index (χ1v) is 8.56. The second-order valence-electron chi connectivity index (χ2n) is 5.32. The summed E-state index contributed by atoms with van der Waals surface area (Å²) in [6.07, 6.45) is 1.41. The SMILES string of the molecule is Cc1ccc(CC(=O)c2cccc(S(C)(=O)=O)c2)cc1C. The van der Waals surface area contributed by atoms with Crippen LogP contribution in [-0.4, -0.2) is 20.5 Å². The average molecular weight is 302 g/mol. The van der Waals surface area contributed by atoms with Crippen LogP contribution in [0.4, 0.5) is 0 Å². The number of sulfone groups is 1. The lowest BCUT2D eigenvalue weighted by Crippen LogP contribution is -2.06. The molecule has 2 aromatic carbocycles. The maximum Gasteiger partial charge on any atom is 0.175 e. The Morgan fingerprint density at radius 3 is 2.33 bits per heavy atom. The first-order chi connectivity index (χ1) is 9.77. The Labute approximate surface area is 125 Å². The fourth-order valence-corrected chi connectivity index (χ4v) is 2.77. The third kappa shape index (κ3) is 3.79. The molecular formula is C17H18O3S. The Morgan fingerprint density at radius 2 is 1.71 bits per heavy atom. The number of aryl methyl sites for hydroxylation is 2. The van der Waals surface area contributed by atoms with Crippen LogP contribution in [-0.2, 0) is 16.3 Å². The molecule has 2 aromatic rings. The molecule has 0 saturated heterocycles. The van der Waals surface area contributed by atoms with Gasteiger partial charge in [-0.3, -0.25) is 4.79 Å². The van der Waals surface area contributed by atoms with E-state index in [0.717, 1.165) is 17.4 Å². The molecule has 0 amide bonds. The molecule has 4 heteroatoms. The van der Waals surface area contributed by atoms with E-state index in [-0.39, 0.29) is 17.1 Å². The lowest BCUT2D eigenvalue weighted by molar-refractivity contribution is 0.0993. The first-order valence-electron chi connectivity index (χ1n) is 6.67. The molecule has 0 unspecified atom stereocenters.